The van der Waals surface area contributed by atoms with E-state index in [1.807, 2.05) is 19.2 Å². The molecule has 0 bridgehead atoms. The minimum Gasteiger partial charge on any atom is -0.490 e. The number of halogens is 2. The number of nitrogens with zero attached hydrogens (tertiary/aromatic N) is 4. The molecule has 1 aromatic carbocycles. The van der Waals surface area contributed by atoms with Crippen molar-refractivity contribution < 1.29 is 13.5 Å². The third-order valence-corrected chi connectivity index (χ3v) is 5.86. The van der Waals surface area contributed by atoms with Crippen molar-refractivity contribution in [3.05, 3.63) is 54.0 Å². The fraction of sp³-hybridized carbons (Fsp3) is 0.400. The van der Waals surface area contributed by atoms with Crippen LogP contribution >= 0.6 is 0 Å². The van der Waals surface area contributed by atoms with Gasteiger partial charge >= 0.3 is 0 Å². The lowest BCUT2D eigenvalue weighted by Crippen LogP contribution is -2.26. The maximum absolute atomic E-state index is 13.7. The van der Waals surface area contributed by atoms with E-state index in [0.29, 0.717) is 24.4 Å². The second-order valence-corrected chi connectivity index (χ2v) is 7.50. The summed E-state index contributed by atoms with van der Waals surface area (Å²) in [5.41, 5.74) is 1.83. The van der Waals surface area contributed by atoms with Gasteiger partial charge in [0.05, 0.1) is 13.2 Å². The van der Waals surface area contributed by atoms with Crippen molar-refractivity contribution in [1.82, 2.24) is 19.4 Å². The minimum atomic E-state index is -0.641. The first-order chi connectivity index (χ1) is 13.1. The van der Waals surface area contributed by atoms with Crippen LogP contribution in [0.15, 0.2) is 36.5 Å². The number of hydrogen-bond donors (Lipinski definition) is 0. The molecule has 1 unspecified atom stereocenters. The summed E-state index contributed by atoms with van der Waals surface area (Å²) in [4.78, 5) is 11.5. The van der Waals surface area contributed by atoms with E-state index in [0.717, 1.165) is 42.7 Å². The largest absolute Gasteiger partial charge is 0.490 e. The average molecular weight is 370 g/mol. The van der Waals surface area contributed by atoms with Crippen LogP contribution in [0.2, 0.25) is 0 Å². The van der Waals surface area contributed by atoms with Crippen LogP contribution in [-0.4, -0.2) is 39.1 Å². The number of aryl methyl sites for hydroxylation is 1. The highest BCUT2D eigenvalue weighted by atomic mass is 19.1. The third kappa shape index (κ3) is 2.96. The van der Waals surface area contributed by atoms with Crippen LogP contribution in [0.25, 0.3) is 11.2 Å². The first kappa shape index (κ1) is 16.6. The summed E-state index contributed by atoms with van der Waals surface area (Å²) in [5, 5.41) is 0. The SMILES string of the molecule is Cn1c(CN2C[C@@H]3C(COc4ccc(F)cc4F)[C@@H]3C2)nc2cccnc21. The molecule has 2 fully saturated rings. The molecule has 0 spiro atoms. The van der Waals surface area contributed by atoms with Crippen LogP contribution in [0.3, 0.4) is 0 Å². The number of imidazole rings is 1. The Balaban J connectivity index is 1.17. The minimum absolute atomic E-state index is 0.130. The lowest BCUT2D eigenvalue weighted by atomic mass is 10.2. The Morgan fingerprint density at radius 2 is 2.00 bits per heavy atom. The van der Waals surface area contributed by atoms with Gasteiger partial charge in [-0.1, -0.05) is 0 Å². The van der Waals surface area contributed by atoms with Crippen molar-refractivity contribution in [3.63, 3.8) is 0 Å². The normalized spacial score (nSPS) is 24.3. The van der Waals surface area contributed by atoms with E-state index in [1.165, 1.54) is 12.1 Å². The van der Waals surface area contributed by atoms with Gasteiger partial charge in [0.2, 0.25) is 0 Å². The molecule has 7 heteroatoms. The lowest BCUT2D eigenvalue weighted by molar-refractivity contribution is 0.221. The number of likely N-dealkylation sites (tertiary alicyclic amines) is 1. The number of piperidine rings is 1. The summed E-state index contributed by atoms with van der Waals surface area (Å²) in [6.45, 7) is 3.30. The Labute approximate surface area is 155 Å². The molecule has 0 N–H and O–H groups in total. The van der Waals surface area contributed by atoms with Gasteiger partial charge in [0.15, 0.2) is 17.2 Å². The number of hydrogen-bond acceptors (Lipinski definition) is 4. The summed E-state index contributed by atoms with van der Waals surface area (Å²) in [5.74, 6) is 1.54. The molecular formula is C20H20F2N4O. The van der Waals surface area contributed by atoms with Gasteiger partial charge in [-0.3, -0.25) is 4.90 Å². The second kappa shape index (κ2) is 6.27. The fourth-order valence-corrected chi connectivity index (χ4v) is 4.30. The molecule has 0 radical (unpaired) electrons. The highest BCUT2D eigenvalue weighted by Crippen LogP contribution is 2.52. The summed E-state index contributed by atoms with van der Waals surface area (Å²) in [7, 11) is 2.00. The van der Waals surface area contributed by atoms with E-state index < -0.39 is 11.6 Å². The molecule has 3 heterocycles. The quantitative estimate of drug-likeness (QED) is 0.693. The molecule has 1 saturated heterocycles. The molecule has 1 aliphatic carbocycles. The smallest absolute Gasteiger partial charge is 0.167 e. The first-order valence-electron chi connectivity index (χ1n) is 9.16. The van der Waals surface area contributed by atoms with Crippen molar-refractivity contribution in [1.29, 1.82) is 0 Å². The van der Waals surface area contributed by atoms with Crippen molar-refractivity contribution >= 4 is 11.2 Å². The van der Waals surface area contributed by atoms with Gasteiger partial charge in [0.1, 0.15) is 17.2 Å². The molecule has 5 nitrogen and oxygen atoms in total. The number of aromatic nitrogens is 3. The van der Waals surface area contributed by atoms with E-state index in [1.54, 1.807) is 6.20 Å². The van der Waals surface area contributed by atoms with Crippen LogP contribution in [-0.2, 0) is 13.6 Å². The molecular weight excluding hydrogens is 350 g/mol. The number of ether oxygens (including phenoxy) is 1. The molecule has 1 saturated carbocycles. The van der Waals surface area contributed by atoms with E-state index in [9.17, 15) is 8.78 Å². The lowest BCUT2D eigenvalue weighted by Gasteiger charge is -2.19. The van der Waals surface area contributed by atoms with Gasteiger partial charge in [-0.05, 0) is 36.1 Å². The van der Waals surface area contributed by atoms with Crippen LogP contribution < -0.4 is 4.74 Å². The van der Waals surface area contributed by atoms with Crippen LogP contribution in [0.4, 0.5) is 8.78 Å². The van der Waals surface area contributed by atoms with Gasteiger partial charge < -0.3 is 9.30 Å². The maximum atomic E-state index is 13.7. The molecule has 2 aromatic heterocycles. The van der Waals surface area contributed by atoms with Crippen molar-refractivity contribution in [3.8, 4) is 5.75 Å². The third-order valence-electron chi connectivity index (χ3n) is 5.86. The van der Waals surface area contributed by atoms with Gasteiger partial charge in [-0.2, -0.15) is 0 Å². The molecule has 3 atom stereocenters. The van der Waals surface area contributed by atoms with Gasteiger partial charge in [-0.15, -0.1) is 0 Å². The summed E-state index contributed by atoms with van der Waals surface area (Å²) < 4.78 is 34.2. The molecule has 5 rings (SSSR count). The highest BCUT2D eigenvalue weighted by molar-refractivity contribution is 5.70. The fourth-order valence-electron chi connectivity index (χ4n) is 4.30. The average Bonchev–Trinajstić information content (AvgIpc) is 2.98. The highest BCUT2D eigenvalue weighted by Gasteiger charge is 2.55. The molecule has 0 amide bonds. The topological polar surface area (TPSA) is 43.2 Å². The van der Waals surface area contributed by atoms with Crippen LogP contribution in [0.1, 0.15) is 5.82 Å². The van der Waals surface area contributed by atoms with Crippen molar-refractivity contribution in [2.24, 2.45) is 24.8 Å². The van der Waals surface area contributed by atoms with Crippen LogP contribution in [0, 0.1) is 29.4 Å². The number of fused-ring (bicyclic) bond motifs is 2. The van der Waals surface area contributed by atoms with Crippen molar-refractivity contribution in [2.75, 3.05) is 19.7 Å². The summed E-state index contributed by atoms with van der Waals surface area (Å²) >= 11 is 0. The Hall–Kier alpha value is -2.54. The molecule has 1 aliphatic heterocycles. The van der Waals surface area contributed by atoms with E-state index in [-0.39, 0.29) is 5.75 Å². The Kier molecular flexibility index (Phi) is 3.86. The maximum Gasteiger partial charge on any atom is 0.167 e. The first-order valence-corrected chi connectivity index (χ1v) is 9.16. The Morgan fingerprint density at radius 1 is 1.19 bits per heavy atom. The van der Waals surface area contributed by atoms with Gasteiger partial charge in [0.25, 0.3) is 0 Å². The predicted octanol–water partition coefficient (Wildman–Crippen LogP) is 3.00. The zero-order valence-electron chi connectivity index (χ0n) is 15.0. The van der Waals surface area contributed by atoms with E-state index >= 15 is 0 Å². The standard InChI is InChI=1S/C20H20F2N4O/c1-25-19(24-17-3-2-6-23-20(17)25)10-26-8-13-14(9-26)15(13)11-27-18-5-4-12(21)7-16(18)22/h2-7,13-15H,8-11H2,1H3/t13-,14+,15?. The Bertz CT molecular complexity index is 993. The number of pyridine rings is 1. The molecule has 140 valence electrons. The molecule has 3 aromatic rings. The second-order valence-electron chi connectivity index (χ2n) is 7.50. The summed E-state index contributed by atoms with van der Waals surface area (Å²) in [6, 6.07) is 7.32. The van der Waals surface area contributed by atoms with Crippen LogP contribution in [0.5, 0.6) is 5.75 Å². The van der Waals surface area contributed by atoms with Gasteiger partial charge in [0, 0.05) is 38.3 Å². The zero-order chi connectivity index (χ0) is 18.5. The summed E-state index contributed by atoms with van der Waals surface area (Å²) in [6.07, 6.45) is 1.79. The molecule has 27 heavy (non-hydrogen) atoms. The van der Waals surface area contributed by atoms with E-state index in [2.05, 4.69) is 19.4 Å². The Morgan fingerprint density at radius 3 is 2.74 bits per heavy atom. The van der Waals surface area contributed by atoms with Crippen molar-refractivity contribution in [2.45, 2.75) is 6.54 Å². The van der Waals surface area contributed by atoms with E-state index in [4.69, 9.17) is 4.74 Å². The molecule has 2 aliphatic rings. The predicted molar refractivity (Wildman–Crippen MR) is 96.1 cm³/mol. The number of rotatable bonds is 5. The number of benzene rings is 1. The van der Waals surface area contributed by atoms with Gasteiger partial charge in [-0.25, -0.2) is 18.7 Å². The zero-order valence-corrected chi connectivity index (χ0v) is 15.0. The monoisotopic (exact) mass is 370 g/mol.